The standard InChI is InChI=1S/C26H26N2O6S/c1-4-28(5-2)35(30,31)20-14-11-18(12-15-20)23-16-13-19(33-23)17-22-26(29)34-25(27-22)21-9-7-8-10-24(21)32-6-3/h7-17H,4-6H2,1-3H3/b22-17+. The number of hydrogen-bond acceptors (Lipinski definition) is 7. The Labute approximate surface area is 204 Å². The third-order valence-electron chi connectivity index (χ3n) is 5.43. The van der Waals surface area contributed by atoms with E-state index in [1.165, 1.54) is 10.4 Å². The summed E-state index contributed by atoms with van der Waals surface area (Å²) in [5.41, 5.74) is 1.40. The first-order valence-electron chi connectivity index (χ1n) is 11.3. The molecule has 4 rings (SSSR count). The van der Waals surface area contributed by atoms with Crippen molar-refractivity contribution in [3.05, 3.63) is 77.7 Å². The van der Waals surface area contributed by atoms with Crippen LogP contribution in [0.2, 0.25) is 0 Å². The normalized spacial score (nSPS) is 14.9. The van der Waals surface area contributed by atoms with Crippen LogP contribution in [-0.2, 0) is 19.6 Å². The fourth-order valence-electron chi connectivity index (χ4n) is 3.67. The summed E-state index contributed by atoms with van der Waals surface area (Å²) in [5, 5.41) is 0. The van der Waals surface area contributed by atoms with Gasteiger partial charge in [-0.15, -0.1) is 0 Å². The summed E-state index contributed by atoms with van der Waals surface area (Å²) in [4.78, 5) is 16.9. The zero-order chi connectivity index (χ0) is 25.0. The molecule has 0 bridgehead atoms. The van der Waals surface area contributed by atoms with E-state index in [0.717, 1.165) is 0 Å². The van der Waals surface area contributed by atoms with Gasteiger partial charge in [0.15, 0.2) is 5.70 Å². The highest BCUT2D eigenvalue weighted by Gasteiger charge is 2.27. The van der Waals surface area contributed by atoms with Gasteiger partial charge >= 0.3 is 5.97 Å². The first kappa shape index (κ1) is 24.4. The molecule has 0 aliphatic carbocycles. The molecule has 0 fully saturated rings. The van der Waals surface area contributed by atoms with E-state index in [9.17, 15) is 13.2 Å². The fraction of sp³-hybridized carbons (Fsp3) is 0.231. The Hall–Kier alpha value is -3.69. The molecule has 0 spiro atoms. The minimum atomic E-state index is -3.53. The van der Waals surface area contributed by atoms with Gasteiger partial charge in [-0.2, -0.15) is 4.31 Å². The lowest BCUT2D eigenvalue weighted by Crippen LogP contribution is -2.30. The molecule has 0 amide bonds. The number of furan rings is 1. The number of benzene rings is 2. The highest BCUT2D eigenvalue weighted by atomic mass is 32.2. The fourth-order valence-corrected chi connectivity index (χ4v) is 5.13. The maximum Gasteiger partial charge on any atom is 0.363 e. The van der Waals surface area contributed by atoms with Crippen LogP contribution in [0.15, 0.2) is 80.7 Å². The van der Waals surface area contributed by atoms with Crippen molar-refractivity contribution in [1.29, 1.82) is 0 Å². The van der Waals surface area contributed by atoms with Crippen LogP contribution >= 0.6 is 0 Å². The van der Waals surface area contributed by atoms with Crippen molar-refractivity contribution in [2.75, 3.05) is 19.7 Å². The number of nitrogens with zero attached hydrogens (tertiary/aromatic N) is 2. The van der Waals surface area contributed by atoms with Gasteiger partial charge in [-0.3, -0.25) is 0 Å². The van der Waals surface area contributed by atoms with Crippen LogP contribution in [0.25, 0.3) is 17.4 Å². The molecule has 0 radical (unpaired) electrons. The SMILES string of the molecule is CCOc1ccccc1C1=N/C(=C/c2ccc(-c3ccc(S(=O)(=O)N(CC)CC)cc3)o2)C(=O)O1. The number of carbonyl (C=O) groups excluding carboxylic acids is 1. The van der Waals surface area contributed by atoms with Crippen molar-refractivity contribution in [2.45, 2.75) is 25.7 Å². The van der Waals surface area contributed by atoms with Crippen LogP contribution < -0.4 is 4.74 Å². The van der Waals surface area contributed by atoms with Crippen molar-refractivity contribution in [2.24, 2.45) is 4.99 Å². The molecule has 0 N–H and O–H groups in total. The molecule has 3 aromatic rings. The Balaban J connectivity index is 1.56. The molecule has 1 aromatic heterocycles. The van der Waals surface area contributed by atoms with Crippen molar-refractivity contribution < 1.29 is 27.1 Å². The number of cyclic esters (lactones) is 1. The van der Waals surface area contributed by atoms with Crippen LogP contribution in [-0.4, -0.2) is 44.3 Å². The minimum Gasteiger partial charge on any atom is -0.493 e. The highest BCUT2D eigenvalue weighted by Crippen LogP contribution is 2.28. The van der Waals surface area contributed by atoms with Gasteiger partial charge < -0.3 is 13.9 Å². The van der Waals surface area contributed by atoms with Crippen LogP contribution in [0.5, 0.6) is 5.75 Å². The Bertz CT molecular complexity index is 1380. The third kappa shape index (κ3) is 5.06. The van der Waals surface area contributed by atoms with E-state index in [4.69, 9.17) is 13.9 Å². The summed E-state index contributed by atoms with van der Waals surface area (Å²) in [7, 11) is -3.53. The van der Waals surface area contributed by atoms with E-state index in [0.29, 0.717) is 48.1 Å². The van der Waals surface area contributed by atoms with Gasteiger partial charge in [-0.1, -0.05) is 26.0 Å². The summed E-state index contributed by atoms with van der Waals surface area (Å²) in [6.07, 6.45) is 1.50. The number of ether oxygens (including phenoxy) is 2. The molecule has 1 aliphatic heterocycles. The summed E-state index contributed by atoms with van der Waals surface area (Å²) in [5.74, 6) is 1.10. The molecule has 0 saturated heterocycles. The van der Waals surface area contributed by atoms with Crippen molar-refractivity contribution in [3.63, 3.8) is 0 Å². The molecule has 2 heterocycles. The second-order valence-electron chi connectivity index (χ2n) is 7.58. The van der Waals surface area contributed by atoms with Gasteiger partial charge in [-0.05, 0) is 55.5 Å². The Morgan fingerprint density at radius 1 is 0.971 bits per heavy atom. The number of sulfonamides is 1. The number of para-hydroxylation sites is 1. The molecular formula is C26H26N2O6S. The Kier molecular flexibility index (Phi) is 7.18. The molecule has 182 valence electrons. The monoisotopic (exact) mass is 494 g/mol. The van der Waals surface area contributed by atoms with Crippen LogP contribution in [0, 0.1) is 0 Å². The lowest BCUT2D eigenvalue weighted by atomic mass is 10.2. The zero-order valence-corrected chi connectivity index (χ0v) is 20.5. The minimum absolute atomic E-state index is 0.105. The van der Waals surface area contributed by atoms with Crippen LogP contribution in [0.4, 0.5) is 0 Å². The molecule has 0 atom stereocenters. The molecule has 1 aliphatic rings. The van der Waals surface area contributed by atoms with E-state index in [-0.39, 0.29) is 16.5 Å². The molecular weight excluding hydrogens is 468 g/mol. The van der Waals surface area contributed by atoms with E-state index in [1.807, 2.05) is 19.1 Å². The number of aliphatic imine (C=N–C) groups is 1. The molecule has 2 aromatic carbocycles. The Morgan fingerprint density at radius 3 is 2.37 bits per heavy atom. The second-order valence-corrected chi connectivity index (χ2v) is 9.52. The summed E-state index contributed by atoms with van der Waals surface area (Å²) >= 11 is 0. The lowest BCUT2D eigenvalue weighted by Gasteiger charge is -2.18. The summed E-state index contributed by atoms with van der Waals surface area (Å²) < 4.78 is 43.6. The van der Waals surface area contributed by atoms with Gasteiger partial charge in [-0.25, -0.2) is 18.2 Å². The van der Waals surface area contributed by atoms with Crippen LogP contribution in [0.3, 0.4) is 0 Å². The quantitative estimate of drug-likeness (QED) is 0.315. The van der Waals surface area contributed by atoms with Gasteiger partial charge in [0.05, 0.1) is 17.1 Å². The average Bonchev–Trinajstić information content (AvgIpc) is 3.47. The average molecular weight is 495 g/mol. The molecule has 0 unspecified atom stereocenters. The summed E-state index contributed by atoms with van der Waals surface area (Å²) in [6.45, 7) is 6.76. The third-order valence-corrected chi connectivity index (χ3v) is 7.49. The lowest BCUT2D eigenvalue weighted by molar-refractivity contribution is -0.129. The number of rotatable bonds is 9. The first-order valence-corrected chi connectivity index (χ1v) is 12.8. The smallest absolute Gasteiger partial charge is 0.363 e. The van der Waals surface area contributed by atoms with E-state index in [1.54, 1.807) is 62.4 Å². The highest BCUT2D eigenvalue weighted by molar-refractivity contribution is 7.89. The van der Waals surface area contributed by atoms with Crippen LogP contribution in [0.1, 0.15) is 32.1 Å². The maximum absolute atomic E-state index is 12.7. The van der Waals surface area contributed by atoms with E-state index >= 15 is 0 Å². The van der Waals surface area contributed by atoms with Gasteiger partial charge in [0, 0.05) is 24.7 Å². The second kappa shape index (κ2) is 10.3. The first-order chi connectivity index (χ1) is 16.9. The van der Waals surface area contributed by atoms with E-state index < -0.39 is 16.0 Å². The van der Waals surface area contributed by atoms with Gasteiger partial charge in [0.1, 0.15) is 17.3 Å². The molecule has 0 saturated carbocycles. The number of carbonyl (C=O) groups is 1. The largest absolute Gasteiger partial charge is 0.493 e. The summed E-state index contributed by atoms with van der Waals surface area (Å²) in [6, 6.07) is 17.2. The van der Waals surface area contributed by atoms with Crippen molar-refractivity contribution in [3.8, 4) is 17.1 Å². The van der Waals surface area contributed by atoms with Crippen molar-refractivity contribution in [1.82, 2.24) is 4.31 Å². The number of esters is 1. The maximum atomic E-state index is 12.7. The molecule has 9 heteroatoms. The Morgan fingerprint density at radius 2 is 1.69 bits per heavy atom. The van der Waals surface area contributed by atoms with Gasteiger partial charge in [0.2, 0.25) is 15.9 Å². The van der Waals surface area contributed by atoms with E-state index in [2.05, 4.69) is 4.99 Å². The topological polar surface area (TPSA) is 98.4 Å². The molecule has 35 heavy (non-hydrogen) atoms. The zero-order valence-electron chi connectivity index (χ0n) is 19.7. The number of hydrogen-bond donors (Lipinski definition) is 0. The predicted molar refractivity (Wildman–Crippen MR) is 132 cm³/mol. The molecule has 8 nitrogen and oxygen atoms in total. The predicted octanol–water partition coefficient (Wildman–Crippen LogP) is 4.72. The van der Waals surface area contributed by atoms with Gasteiger partial charge in [0.25, 0.3) is 0 Å². The van der Waals surface area contributed by atoms with Crippen molar-refractivity contribution >= 4 is 28.0 Å².